The molecule has 0 unspecified atom stereocenters. The van der Waals surface area contributed by atoms with E-state index in [1.54, 1.807) is 17.0 Å². The van der Waals surface area contributed by atoms with Gasteiger partial charge < -0.3 is 9.64 Å². The number of amides is 1. The number of nitrogens with zero attached hydrogens (tertiary/aromatic N) is 2. The minimum Gasteiger partial charge on any atom is -0.406 e. The van der Waals surface area contributed by atoms with E-state index in [9.17, 15) is 26.4 Å². The lowest BCUT2D eigenvalue weighted by molar-refractivity contribution is -0.274. The summed E-state index contributed by atoms with van der Waals surface area (Å²) in [6.45, 7) is 0. The van der Waals surface area contributed by atoms with Crippen molar-refractivity contribution in [1.82, 2.24) is 0 Å². The molecule has 0 N–H and O–H groups in total. The average Bonchev–Trinajstić information content (AvgIpc) is 3.12. The SMILES string of the molecule is O=C(Cc1ccccc1)N=C1S[C@@H]2CS(=O)(=O)C[C@H]2N1c1ccc(OC(F)(F)F)cc1. The predicted molar refractivity (Wildman–Crippen MR) is 112 cm³/mol. The molecule has 0 radical (unpaired) electrons. The summed E-state index contributed by atoms with van der Waals surface area (Å²) in [4.78, 5) is 18.3. The fourth-order valence-electron chi connectivity index (χ4n) is 3.59. The van der Waals surface area contributed by atoms with E-state index in [0.717, 1.165) is 17.7 Å². The zero-order chi connectivity index (χ0) is 22.2. The Bertz CT molecular complexity index is 1100. The average molecular weight is 470 g/mol. The molecule has 2 aliphatic heterocycles. The Hall–Kier alpha value is -2.53. The van der Waals surface area contributed by atoms with Crippen molar-refractivity contribution in [3.8, 4) is 5.75 Å². The number of anilines is 1. The van der Waals surface area contributed by atoms with E-state index >= 15 is 0 Å². The maximum Gasteiger partial charge on any atom is 0.573 e. The van der Waals surface area contributed by atoms with Crippen LogP contribution in [0, 0.1) is 0 Å². The molecule has 2 aromatic rings. The Morgan fingerprint density at radius 1 is 1.10 bits per heavy atom. The smallest absolute Gasteiger partial charge is 0.406 e. The molecule has 164 valence electrons. The van der Waals surface area contributed by atoms with Crippen molar-refractivity contribution < 1.29 is 31.1 Å². The van der Waals surface area contributed by atoms with Crippen molar-refractivity contribution >= 4 is 38.4 Å². The summed E-state index contributed by atoms with van der Waals surface area (Å²) in [5, 5.41) is 0.0368. The number of rotatable bonds is 4. The van der Waals surface area contributed by atoms with Gasteiger partial charge in [0.05, 0.1) is 24.0 Å². The first-order valence-corrected chi connectivity index (χ1v) is 12.0. The Morgan fingerprint density at radius 2 is 1.77 bits per heavy atom. The van der Waals surface area contributed by atoms with Crippen molar-refractivity contribution in [3.05, 3.63) is 60.2 Å². The van der Waals surface area contributed by atoms with E-state index in [4.69, 9.17) is 0 Å². The predicted octanol–water partition coefficient (Wildman–Crippen LogP) is 3.43. The molecule has 31 heavy (non-hydrogen) atoms. The summed E-state index contributed by atoms with van der Waals surface area (Å²) in [5.74, 6) is -0.937. The van der Waals surface area contributed by atoms with Crippen LogP contribution < -0.4 is 9.64 Å². The number of benzene rings is 2. The molecular weight excluding hydrogens is 453 g/mol. The molecule has 1 amide bonds. The number of fused-ring (bicyclic) bond motifs is 1. The second-order valence-electron chi connectivity index (χ2n) is 7.16. The topological polar surface area (TPSA) is 76.0 Å². The number of hydrogen-bond donors (Lipinski definition) is 0. The van der Waals surface area contributed by atoms with Gasteiger partial charge in [-0.2, -0.15) is 4.99 Å². The van der Waals surface area contributed by atoms with E-state index in [1.165, 1.54) is 23.9 Å². The van der Waals surface area contributed by atoms with Gasteiger partial charge in [0.15, 0.2) is 15.0 Å². The molecule has 2 heterocycles. The summed E-state index contributed by atoms with van der Waals surface area (Å²) in [6, 6.07) is 13.7. The summed E-state index contributed by atoms with van der Waals surface area (Å²) in [6.07, 6.45) is -4.73. The van der Waals surface area contributed by atoms with Crippen LogP contribution in [-0.2, 0) is 21.1 Å². The van der Waals surface area contributed by atoms with Crippen LogP contribution in [0.5, 0.6) is 5.75 Å². The highest BCUT2D eigenvalue weighted by Crippen LogP contribution is 2.41. The fraction of sp³-hybridized carbons (Fsp3) is 0.300. The lowest BCUT2D eigenvalue weighted by Crippen LogP contribution is -2.37. The van der Waals surface area contributed by atoms with Crippen LogP contribution in [0.15, 0.2) is 59.6 Å². The van der Waals surface area contributed by atoms with E-state index in [-0.39, 0.29) is 23.2 Å². The minimum absolute atomic E-state index is 0.0417. The normalized spacial score (nSPS) is 23.7. The molecule has 2 fully saturated rings. The highest BCUT2D eigenvalue weighted by Gasteiger charge is 2.49. The molecule has 0 saturated carbocycles. The number of halogens is 3. The third-order valence-corrected chi connectivity index (χ3v) is 8.04. The fourth-order valence-corrected chi connectivity index (χ4v) is 7.52. The summed E-state index contributed by atoms with van der Waals surface area (Å²) < 4.78 is 65.4. The first kappa shape index (κ1) is 21.7. The zero-order valence-corrected chi connectivity index (χ0v) is 17.6. The molecule has 4 rings (SSSR count). The molecule has 0 aromatic heterocycles. The van der Waals surface area contributed by atoms with Crippen LogP contribution in [0.4, 0.5) is 18.9 Å². The lowest BCUT2D eigenvalue weighted by atomic mass is 10.1. The molecule has 0 spiro atoms. The molecular formula is C20H17F3N2O4S2. The Labute approximate surface area is 181 Å². The quantitative estimate of drug-likeness (QED) is 0.682. The molecule has 2 atom stereocenters. The van der Waals surface area contributed by atoms with Gasteiger partial charge in [0.2, 0.25) is 0 Å². The van der Waals surface area contributed by atoms with Crippen molar-refractivity contribution in [1.29, 1.82) is 0 Å². The van der Waals surface area contributed by atoms with Crippen LogP contribution >= 0.6 is 11.8 Å². The number of carbonyl (C=O) groups excluding carboxylic acids is 1. The lowest BCUT2D eigenvalue weighted by Gasteiger charge is -2.24. The molecule has 2 aromatic carbocycles. The maximum absolute atomic E-state index is 12.5. The molecule has 2 saturated heterocycles. The van der Waals surface area contributed by atoms with Crippen molar-refractivity contribution in [3.63, 3.8) is 0 Å². The number of ether oxygens (including phenoxy) is 1. The van der Waals surface area contributed by atoms with Gasteiger partial charge in [-0.05, 0) is 29.8 Å². The van der Waals surface area contributed by atoms with Gasteiger partial charge in [0.1, 0.15) is 5.75 Å². The summed E-state index contributed by atoms with van der Waals surface area (Å²) >= 11 is 1.20. The molecule has 11 heteroatoms. The highest BCUT2D eigenvalue weighted by atomic mass is 32.2. The van der Waals surface area contributed by atoms with Crippen LogP contribution in [0.1, 0.15) is 5.56 Å². The second kappa shape index (κ2) is 8.19. The van der Waals surface area contributed by atoms with Gasteiger partial charge >= 0.3 is 6.36 Å². The second-order valence-corrected chi connectivity index (χ2v) is 10.5. The molecule has 0 aliphatic carbocycles. The van der Waals surface area contributed by atoms with E-state index in [0.29, 0.717) is 10.9 Å². The van der Waals surface area contributed by atoms with Crippen LogP contribution in [0.3, 0.4) is 0 Å². The van der Waals surface area contributed by atoms with Gasteiger partial charge in [0, 0.05) is 10.9 Å². The Kier molecular flexibility index (Phi) is 5.73. The third-order valence-electron chi connectivity index (χ3n) is 4.83. The molecule has 6 nitrogen and oxygen atoms in total. The molecule has 0 bridgehead atoms. The number of alkyl halides is 3. The van der Waals surface area contributed by atoms with Crippen LogP contribution in [-0.4, -0.2) is 48.7 Å². The number of hydrogen-bond acceptors (Lipinski definition) is 5. The first-order chi connectivity index (χ1) is 14.6. The maximum atomic E-state index is 12.5. The Balaban J connectivity index is 1.61. The number of sulfone groups is 1. The number of carbonyl (C=O) groups is 1. The van der Waals surface area contributed by atoms with Gasteiger partial charge in [-0.3, -0.25) is 4.79 Å². The van der Waals surface area contributed by atoms with Gasteiger partial charge in [0.25, 0.3) is 5.91 Å². The van der Waals surface area contributed by atoms with Crippen molar-refractivity contribution in [2.75, 3.05) is 16.4 Å². The minimum atomic E-state index is -4.81. The standard InChI is InChI=1S/C20H17F3N2O4S2/c21-20(22,23)29-15-8-6-14(7-9-15)25-16-11-31(27,28)12-17(16)30-19(25)24-18(26)10-13-4-2-1-3-5-13/h1-9,16-17H,10-12H2/t16-,17-/m1/s1. The third kappa shape index (κ3) is 5.21. The van der Waals surface area contributed by atoms with Crippen molar-refractivity contribution in [2.45, 2.75) is 24.1 Å². The van der Waals surface area contributed by atoms with Gasteiger partial charge in [-0.15, -0.1) is 13.2 Å². The molecule has 2 aliphatic rings. The van der Waals surface area contributed by atoms with Gasteiger partial charge in [-0.25, -0.2) is 8.42 Å². The summed E-state index contributed by atoms with van der Waals surface area (Å²) in [5.41, 5.74) is 1.24. The van der Waals surface area contributed by atoms with Crippen LogP contribution in [0.2, 0.25) is 0 Å². The van der Waals surface area contributed by atoms with Crippen LogP contribution in [0.25, 0.3) is 0 Å². The van der Waals surface area contributed by atoms with Gasteiger partial charge in [-0.1, -0.05) is 42.1 Å². The largest absolute Gasteiger partial charge is 0.573 e. The number of amidine groups is 1. The monoisotopic (exact) mass is 470 g/mol. The Morgan fingerprint density at radius 3 is 2.42 bits per heavy atom. The number of aliphatic imine (C=N–C) groups is 1. The first-order valence-electron chi connectivity index (χ1n) is 9.27. The van der Waals surface area contributed by atoms with E-state index < -0.39 is 33.9 Å². The van der Waals surface area contributed by atoms with E-state index in [2.05, 4.69) is 9.73 Å². The highest BCUT2D eigenvalue weighted by molar-refractivity contribution is 8.16. The van der Waals surface area contributed by atoms with E-state index in [1.807, 2.05) is 18.2 Å². The summed E-state index contributed by atoms with van der Waals surface area (Å²) in [7, 11) is -3.25. The van der Waals surface area contributed by atoms with Crippen molar-refractivity contribution in [2.24, 2.45) is 4.99 Å². The zero-order valence-electron chi connectivity index (χ0n) is 15.9. The number of thioether (sulfide) groups is 1.